The summed E-state index contributed by atoms with van der Waals surface area (Å²) in [5.74, 6) is -1.55. The van der Waals surface area contributed by atoms with Crippen LogP contribution < -0.4 is 5.32 Å². The highest BCUT2D eigenvalue weighted by Crippen LogP contribution is 2.14. The summed E-state index contributed by atoms with van der Waals surface area (Å²) >= 11 is 5.84. The summed E-state index contributed by atoms with van der Waals surface area (Å²) in [4.78, 5) is 20.1. The van der Waals surface area contributed by atoms with Crippen molar-refractivity contribution in [1.82, 2.24) is 5.32 Å². The molecule has 0 spiro atoms. The molecule has 0 aliphatic carbocycles. The van der Waals surface area contributed by atoms with E-state index >= 15 is 0 Å². The van der Waals surface area contributed by atoms with Crippen LogP contribution in [0.25, 0.3) is 0 Å². The van der Waals surface area contributed by atoms with Crippen LogP contribution in [0, 0.1) is 0 Å². The summed E-state index contributed by atoms with van der Waals surface area (Å²) < 4.78 is 4.91. The predicted octanol–water partition coefficient (Wildman–Crippen LogP) is -0.277. The van der Waals surface area contributed by atoms with E-state index in [1.54, 1.807) is 0 Å². The van der Waals surface area contributed by atoms with Crippen molar-refractivity contribution in [1.29, 1.82) is 0 Å². The highest BCUT2D eigenvalue weighted by molar-refractivity contribution is 9.12. The van der Waals surface area contributed by atoms with Crippen LogP contribution in [-0.4, -0.2) is 58.1 Å². The van der Waals surface area contributed by atoms with Crippen molar-refractivity contribution in [3.05, 3.63) is 0 Å². The van der Waals surface area contributed by atoms with Crippen molar-refractivity contribution < 1.29 is 24.5 Å². The smallest absolute Gasteiger partial charge is 0.318 e. The Hall–Kier alpha value is -0.180. The molecule has 0 aliphatic heterocycles. The van der Waals surface area contributed by atoms with E-state index in [9.17, 15) is 9.59 Å². The second-order valence-electron chi connectivity index (χ2n) is 2.77. The number of carboxylic acid groups (broad SMARTS) is 1. The first kappa shape index (κ1) is 15.8. The van der Waals surface area contributed by atoms with Crippen molar-refractivity contribution in [2.24, 2.45) is 0 Å². The Labute approximate surface area is 110 Å². The first-order valence-corrected chi connectivity index (χ1v) is 6.31. The monoisotopic (exact) mass is 361 g/mol. The van der Waals surface area contributed by atoms with Gasteiger partial charge in [-0.1, -0.05) is 31.9 Å². The maximum absolute atomic E-state index is 11.4. The average molecular weight is 363 g/mol. The van der Waals surface area contributed by atoms with Gasteiger partial charge in [0.2, 0.25) is 5.91 Å². The molecule has 6 nitrogen and oxygen atoms in total. The first-order valence-electron chi connectivity index (χ1n) is 4.48. The summed E-state index contributed by atoms with van der Waals surface area (Å²) in [7, 11) is 0. The molecule has 0 radical (unpaired) electrons. The molecule has 0 saturated carbocycles. The number of carbonyl (C=O) groups excluding carboxylic acids is 1. The number of carboxylic acids is 1. The normalized spacial score (nSPS) is 14.2. The molecule has 2 atom stereocenters. The fraction of sp³-hybridized carbons (Fsp3) is 0.750. The lowest BCUT2D eigenvalue weighted by Gasteiger charge is -2.13. The summed E-state index contributed by atoms with van der Waals surface area (Å²) in [6.07, 6.45) is 0. The number of ether oxygens (including phenoxy) is 1. The van der Waals surface area contributed by atoms with Gasteiger partial charge in [-0.15, -0.1) is 0 Å². The average Bonchev–Trinajstić information content (AvgIpc) is 2.26. The summed E-state index contributed by atoms with van der Waals surface area (Å²) in [6, 6.07) is 0. The number of hydrogen-bond donors (Lipinski definition) is 3. The van der Waals surface area contributed by atoms with Crippen molar-refractivity contribution in [2.45, 2.75) is 9.65 Å². The minimum absolute atomic E-state index is 0.0719. The molecule has 2 unspecified atom stereocenters. The highest BCUT2D eigenvalue weighted by atomic mass is 79.9. The molecule has 0 aliphatic rings. The van der Waals surface area contributed by atoms with E-state index in [1.165, 1.54) is 0 Å². The van der Waals surface area contributed by atoms with Gasteiger partial charge in [-0.3, -0.25) is 9.59 Å². The van der Waals surface area contributed by atoms with Crippen LogP contribution in [0.4, 0.5) is 0 Å². The molecule has 16 heavy (non-hydrogen) atoms. The van der Waals surface area contributed by atoms with E-state index in [2.05, 4.69) is 37.2 Å². The van der Waals surface area contributed by atoms with Gasteiger partial charge < -0.3 is 20.3 Å². The van der Waals surface area contributed by atoms with Gasteiger partial charge in [0.15, 0.2) is 0 Å². The topological polar surface area (TPSA) is 95.9 Å². The summed E-state index contributed by atoms with van der Waals surface area (Å²) in [5.41, 5.74) is 0. The molecule has 94 valence electrons. The lowest BCUT2D eigenvalue weighted by atomic mass is 10.3. The molecule has 1 amide bonds. The van der Waals surface area contributed by atoms with Crippen LogP contribution in [0.1, 0.15) is 0 Å². The van der Waals surface area contributed by atoms with E-state index in [4.69, 9.17) is 14.9 Å². The van der Waals surface area contributed by atoms with Crippen LogP contribution >= 0.6 is 31.9 Å². The Morgan fingerprint density at radius 1 is 1.25 bits per heavy atom. The standard InChI is InChI=1S/C8H13Br2NO5/c9-5(6(10)8(14)15)7(13)11-1-3-16-4-2-12/h5-6,12H,1-4H2,(H,11,13)(H,14,15). The van der Waals surface area contributed by atoms with Crippen LogP contribution in [-0.2, 0) is 14.3 Å². The van der Waals surface area contributed by atoms with Crippen LogP contribution in [0.2, 0.25) is 0 Å². The Morgan fingerprint density at radius 2 is 1.88 bits per heavy atom. The molecule has 0 rings (SSSR count). The third kappa shape index (κ3) is 6.41. The summed E-state index contributed by atoms with van der Waals surface area (Å²) in [5, 5.41) is 19.5. The molecule has 3 N–H and O–H groups in total. The number of alkyl halides is 2. The number of carbonyl (C=O) groups is 2. The second kappa shape index (κ2) is 8.91. The number of hydrogen-bond acceptors (Lipinski definition) is 4. The quantitative estimate of drug-likeness (QED) is 0.408. The van der Waals surface area contributed by atoms with Gasteiger partial charge in [0.25, 0.3) is 0 Å². The van der Waals surface area contributed by atoms with E-state index in [-0.39, 0.29) is 26.4 Å². The van der Waals surface area contributed by atoms with Gasteiger partial charge in [0.05, 0.1) is 19.8 Å². The molecule has 0 bridgehead atoms. The molecule has 0 heterocycles. The van der Waals surface area contributed by atoms with E-state index in [1.807, 2.05) is 0 Å². The maximum Gasteiger partial charge on any atom is 0.318 e. The third-order valence-electron chi connectivity index (χ3n) is 1.52. The van der Waals surface area contributed by atoms with Crippen molar-refractivity contribution in [2.75, 3.05) is 26.4 Å². The molecule has 0 fully saturated rings. The Kier molecular flexibility index (Phi) is 8.81. The molecule has 0 aromatic carbocycles. The van der Waals surface area contributed by atoms with Crippen molar-refractivity contribution in [3.63, 3.8) is 0 Å². The van der Waals surface area contributed by atoms with E-state index in [0.29, 0.717) is 0 Å². The molecular formula is C8H13Br2NO5. The Balaban J connectivity index is 3.75. The zero-order valence-corrected chi connectivity index (χ0v) is 11.5. The number of halogens is 2. The van der Waals surface area contributed by atoms with E-state index < -0.39 is 21.5 Å². The van der Waals surface area contributed by atoms with Crippen molar-refractivity contribution in [3.8, 4) is 0 Å². The number of amides is 1. The second-order valence-corrected chi connectivity index (χ2v) is 4.74. The first-order chi connectivity index (χ1) is 7.50. The van der Waals surface area contributed by atoms with Gasteiger partial charge >= 0.3 is 5.97 Å². The summed E-state index contributed by atoms with van der Waals surface area (Å²) in [6.45, 7) is 0.674. The van der Waals surface area contributed by atoms with E-state index in [0.717, 1.165) is 0 Å². The fourth-order valence-electron chi connectivity index (χ4n) is 0.769. The minimum atomic E-state index is -1.12. The molecule has 0 aromatic rings. The SMILES string of the molecule is O=C(O)C(Br)C(Br)C(=O)NCCOCCO. The highest BCUT2D eigenvalue weighted by Gasteiger charge is 2.28. The molecule has 0 saturated heterocycles. The van der Waals surface area contributed by atoms with Gasteiger partial charge in [0, 0.05) is 6.54 Å². The van der Waals surface area contributed by atoms with Crippen LogP contribution in [0.5, 0.6) is 0 Å². The zero-order chi connectivity index (χ0) is 12.6. The number of rotatable bonds is 8. The number of aliphatic hydroxyl groups is 1. The van der Waals surface area contributed by atoms with Gasteiger partial charge in [-0.05, 0) is 0 Å². The fourth-order valence-corrected chi connectivity index (χ4v) is 1.40. The lowest BCUT2D eigenvalue weighted by molar-refractivity contribution is -0.137. The van der Waals surface area contributed by atoms with Crippen molar-refractivity contribution >= 4 is 43.7 Å². The molecular weight excluding hydrogens is 350 g/mol. The third-order valence-corrected chi connectivity index (χ3v) is 4.10. The maximum atomic E-state index is 11.4. The predicted molar refractivity (Wildman–Crippen MR) is 64.0 cm³/mol. The van der Waals surface area contributed by atoms with Gasteiger partial charge in [-0.25, -0.2) is 0 Å². The Morgan fingerprint density at radius 3 is 2.38 bits per heavy atom. The Bertz CT molecular complexity index is 238. The van der Waals surface area contributed by atoms with Crippen LogP contribution in [0.3, 0.4) is 0 Å². The number of nitrogens with one attached hydrogen (secondary N) is 1. The van der Waals surface area contributed by atoms with Gasteiger partial charge in [0.1, 0.15) is 9.65 Å². The minimum Gasteiger partial charge on any atom is -0.480 e. The zero-order valence-electron chi connectivity index (χ0n) is 8.36. The number of aliphatic carboxylic acids is 1. The lowest BCUT2D eigenvalue weighted by Crippen LogP contribution is -2.40. The number of aliphatic hydroxyl groups excluding tert-OH is 1. The molecule has 0 aromatic heterocycles. The van der Waals surface area contributed by atoms with Crippen LogP contribution in [0.15, 0.2) is 0 Å². The molecule has 8 heteroatoms. The largest absolute Gasteiger partial charge is 0.480 e. The van der Waals surface area contributed by atoms with Gasteiger partial charge in [-0.2, -0.15) is 0 Å².